The molecule has 2 aromatic carbocycles. The fourth-order valence-corrected chi connectivity index (χ4v) is 1.78. The van der Waals surface area contributed by atoms with Crippen LogP contribution in [-0.4, -0.2) is 13.0 Å². The van der Waals surface area contributed by atoms with Crippen molar-refractivity contribution in [2.75, 3.05) is 18.1 Å². The molecular formula is C15H14N4O. The predicted molar refractivity (Wildman–Crippen MR) is 78.7 cm³/mol. The summed E-state index contributed by atoms with van der Waals surface area (Å²) in [5, 5.41) is 14.5. The molecule has 0 spiro atoms. The molecule has 0 heterocycles. The molecule has 4 N–H and O–H groups in total. The zero-order valence-electron chi connectivity index (χ0n) is 11.0. The number of amides is 1. The molecule has 2 aromatic rings. The molecule has 100 valence electrons. The van der Waals surface area contributed by atoms with Crippen molar-refractivity contribution in [1.82, 2.24) is 5.32 Å². The van der Waals surface area contributed by atoms with Gasteiger partial charge in [0.25, 0.3) is 5.91 Å². The standard InChI is InChI=1S/C15H14N4O/c1-18-15(20)13-7-4-11(17)8-14(13)19-12-5-2-10(9-16)3-6-12/h2-8,19H,17H2,1H3,(H,18,20). The van der Waals surface area contributed by atoms with E-state index in [4.69, 9.17) is 11.0 Å². The summed E-state index contributed by atoms with van der Waals surface area (Å²) in [4.78, 5) is 11.8. The summed E-state index contributed by atoms with van der Waals surface area (Å²) < 4.78 is 0. The third-order valence-corrected chi connectivity index (χ3v) is 2.81. The molecule has 5 nitrogen and oxygen atoms in total. The molecule has 0 aliphatic heterocycles. The molecule has 0 fully saturated rings. The number of hydrogen-bond acceptors (Lipinski definition) is 4. The second-order valence-electron chi connectivity index (χ2n) is 4.20. The number of carbonyl (C=O) groups excluding carboxylic acids is 1. The molecule has 5 heteroatoms. The van der Waals surface area contributed by atoms with Gasteiger partial charge in [0, 0.05) is 18.4 Å². The van der Waals surface area contributed by atoms with Crippen molar-refractivity contribution in [2.45, 2.75) is 0 Å². The lowest BCUT2D eigenvalue weighted by atomic mass is 10.1. The number of rotatable bonds is 3. The number of carbonyl (C=O) groups is 1. The molecule has 20 heavy (non-hydrogen) atoms. The van der Waals surface area contributed by atoms with E-state index in [9.17, 15) is 4.79 Å². The van der Waals surface area contributed by atoms with Gasteiger partial charge in [0.1, 0.15) is 0 Å². The summed E-state index contributed by atoms with van der Waals surface area (Å²) in [6.45, 7) is 0. The van der Waals surface area contributed by atoms with E-state index in [1.54, 1.807) is 49.5 Å². The number of nitriles is 1. The van der Waals surface area contributed by atoms with E-state index in [2.05, 4.69) is 16.7 Å². The Labute approximate surface area is 117 Å². The number of hydrogen-bond donors (Lipinski definition) is 3. The summed E-state index contributed by atoms with van der Waals surface area (Å²) in [5.41, 5.74) is 8.80. The van der Waals surface area contributed by atoms with Gasteiger partial charge in [-0.2, -0.15) is 5.26 Å². The molecule has 0 radical (unpaired) electrons. The van der Waals surface area contributed by atoms with Gasteiger partial charge in [0.15, 0.2) is 0 Å². The molecule has 0 saturated heterocycles. The third kappa shape index (κ3) is 2.87. The van der Waals surface area contributed by atoms with Crippen LogP contribution >= 0.6 is 0 Å². The molecule has 0 unspecified atom stereocenters. The van der Waals surface area contributed by atoms with E-state index < -0.39 is 0 Å². The van der Waals surface area contributed by atoms with Crippen LogP contribution in [0.5, 0.6) is 0 Å². The zero-order chi connectivity index (χ0) is 14.5. The summed E-state index contributed by atoms with van der Waals surface area (Å²) in [6.07, 6.45) is 0. The van der Waals surface area contributed by atoms with Crippen LogP contribution in [-0.2, 0) is 0 Å². The van der Waals surface area contributed by atoms with Crippen LogP contribution in [0.3, 0.4) is 0 Å². The van der Waals surface area contributed by atoms with Crippen molar-refractivity contribution in [3.63, 3.8) is 0 Å². The van der Waals surface area contributed by atoms with Crippen molar-refractivity contribution < 1.29 is 4.79 Å². The van der Waals surface area contributed by atoms with Gasteiger partial charge < -0.3 is 16.4 Å². The molecule has 0 aromatic heterocycles. The molecule has 0 aliphatic carbocycles. The van der Waals surface area contributed by atoms with Gasteiger partial charge in [-0.05, 0) is 42.5 Å². The smallest absolute Gasteiger partial charge is 0.253 e. The lowest BCUT2D eigenvalue weighted by Gasteiger charge is -2.12. The number of benzene rings is 2. The summed E-state index contributed by atoms with van der Waals surface area (Å²) in [5.74, 6) is -0.193. The minimum Gasteiger partial charge on any atom is -0.399 e. The first-order chi connectivity index (χ1) is 9.63. The quantitative estimate of drug-likeness (QED) is 0.743. The van der Waals surface area contributed by atoms with Gasteiger partial charge in [0.05, 0.1) is 22.9 Å². The van der Waals surface area contributed by atoms with Crippen molar-refractivity contribution in [2.24, 2.45) is 0 Å². The normalized spacial score (nSPS) is 9.60. The SMILES string of the molecule is CNC(=O)c1ccc(N)cc1Nc1ccc(C#N)cc1. The Hall–Kier alpha value is -3.00. The third-order valence-electron chi connectivity index (χ3n) is 2.81. The van der Waals surface area contributed by atoms with E-state index in [1.165, 1.54) is 0 Å². The second-order valence-corrected chi connectivity index (χ2v) is 4.20. The second kappa shape index (κ2) is 5.76. The van der Waals surface area contributed by atoms with Crippen molar-refractivity contribution in [3.8, 4) is 6.07 Å². The van der Waals surface area contributed by atoms with Crippen molar-refractivity contribution in [1.29, 1.82) is 5.26 Å². The number of nitrogens with two attached hydrogens (primary N) is 1. The van der Waals surface area contributed by atoms with Crippen LogP contribution in [0.2, 0.25) is 0 Å². The minimum absolute atomic E-state index is 0.193. The van der Waals surface area contributed by atoms with Gasteiger partial charge in [-0.1, -0.05) is 0 Å². The number of nitrogens with zero attached hydrogens (tertiary/aromatic N) is 1. The highest BCUT2D eigenvalue weighted by Crippen LogP contribution is 2.23. The molecule has 0 bridgehead atoms. The Morgan fingerprint density at radius 3 is 2.50 bits per heavy atom. The molecular weight excluding hydrogens is 252 g/mol. The topological polar surface area (TPSA) is 90.9 Å². The van der Waals surface area contributed by atoms with E-state index in [-0.39, 0.29) is 5.91 Å². The Kier molecular flexibility index (Phi) is 3.87. The predicted octanol–water partition coefficient (Wildman–Crippen LogP) is 2.24. The van der Waals surface area contributed by atoms with Gasteiger partial charge in [-0.25, -0.2) is 0 Å². The van der Waals surface area contributed by atoms with Crippen molar-refractivity contribution in [3.05, 3.63) is 53.6 Å². The Morgan fingerprint density at radius 2 is 1.90 bits per heavy atom. The number of anilines is 3. The molecule has 0 aliphatic rings. The van der Waals surface area contributed by atoms with Gasteiger partial charge in [-0.3, -0.25) is 4.79 Å². The Morgan fingerprint density at radius 1 is 1.20 bits per heavy atom. The van der Waals surface area contributed by atoms with E-state index in [1.807, 2.05) is 0 Å². The fourth-order valence-electron chi connectivity index (χ4n) is 1.78. The first-order valence-electron chi connectivity index (χ1n) is 6.03. The largest absolute Gasteiger partial charge is 0.399 e. The molecule has 0 saturated carbocycles. The molecule has 0 atom stereocenters. The number of nitrogens with one attached hydrogen (secondary N) is 2. The number of nitrogen functional groups attached to an aromatic ring is 1. The Bertz CT molecular complexity index is 671. The first-order valence-corrected chi connectivity index (χ1v) is 6.03. The fraction of sp³-hybridized carbons (Fsp3) is 0.0667. The first kappa shape index (κ1) is 13.4. The van der Waals surface area contributed by atoms with Crippen LogP contribution in [0, 0.1) is 11.3 Å². The average molecular weight is 266 g/mol. The van der Waals surface area contributed by atoms with Crippen molar-refractivity contribution >= 4 is 23.0 Å². The molecule has 1 amide bonds. The highest BCUT2D eigenvalue weighted by molar-refractivity contribution is 6.00. The van der Waals surface area contributed by atoms with E-state index >= 15 is 0 Å². The van der Waals surface area contributed by atoms with Gasteiger partial charge in [0.2, 0.25) is 0 Å². The van der Waals surface area contributed by atoms with E-state index in [0.717, 1.165) is 5.69 Å². The molecule has 2 rings (SSSR count). The van der Waals surface area contributed by atoms with Gasteiger partial charge >= 0.3 is 0 Å². The lowest BCUT2D eigenvalue weighted by Crippen LogP contribution is -2.19. The van der Waals surface area contributed by atoms with Gasteiger partial charge in [-0.15, -0.1) is 0 Å². The monoisotopic (exact) mass is 266 g/mol. The van der Waals surface area contributed by atoms with Crippen LogP contribution in [0.15, 0.2) is 42.5 Å². The minimum atomic E-state index is -0.193. The van der Waals surface area contributed by atoms with Crippen LogP contribution in [0.25, 0.3) is 0 Å². The highest BCUT2D eigenvalue weighted by Gasteiger charge is 2.10. The maximum absolute atomic E-state index is 11.8. The highest BCUT2D eigenvalue weighted by atomic mass is 16.1. The summed E-state index contributed by atoms with van der Waals surface area (Å²) in [6, 6.07) is 14.0. The summed E-state index contributed by atoms with van der Waals surface area (Å²) in [7, 11) is 1.57. The Balaban J connectivity index is 2.34. The maximum atomic E-state index is 11.8. The lowest BCUT2D eigenvalue weighted by molar-refractivity contribution is 0.0964. The zero-order valence-corrected chi connectivity index (χ0v) is 11.0. The van der Waals surface area contributed by atoms with Crippen LogP contribution < -0.4 is 16.4 Å². The maximum Gasteiger partial charge on any atom is 0.253 e. The van der Waals surface area contributed by atoms with Crippen LogP contribution in [0.4, 0.5) is 17.1 Å². The van der Waals surface area contributed by atoms with E-state index in [0.29, 0.717) is 22.5 Å². The van der Waals surface area contributed by atoms with Crippen LogP contribution in [0.1, 0.15) is 15.9 Å². The summed E-state index contributed by atoms with van der Waals surface area (Å²) >= 11 is 0. The average Bonchev–Trinajstić information content (AvgIpc) is 2.47.